The Hall–Kier alpha value is -5.20. The molecule has 0 amide bonds. The predicted octanol–water partition coefficient (Wildman–Crippen LogP) is 6.54. The number of benzene rings is 3. The fourth-order valence-electron chi connectivity index (χ4n) is 6.50. The molecule has 1 aliphatic heterocycles. The van der Waals surface area contributed by atoms with E-state index in [1.54, 1.807) is 26.6 Å². The third-order valence-corrected chi connectivity index (χ3v) is 9.43. The highest BCUT2D eigenvalue weighted by atomic mass is 19.1. The van der Waals surface area contributed by atoms with Crippen LogP contribution in [-0.4, -0.2) is 68.5 Å². The number of aromatic nitrogens is 6. The minimum absolute atomic E-state index is 0.0204. The first kappa shape index (κ1) is 35.6. The standard InChI is InChI=1S/C38H46F2N8O3/c1-3-6-31(4-2)48-38(49)47(28-43-48)34-11-9-32(10-12-34)44-19-21-45(22-20-44)33-13-15-35(16-14-33)50-24-29(7-5-18-46-27-41-26-42-46)25-51-37-17-8-30(39)23-36(37)40/h8-17,23,26-29,31H,3-7,18-22,24-25H2,1-2H3/t29-,31+/m0/s1. The quantitative estimate of drug-likeness (QED) is 0.108. The zero-order valence-electron chi connectivity index (χ0n) is 29.3. The van der Waals surface area contributed by atoms with E-state index in [0.717, 1.165) is 87.2 Å². The number of nitrogens with zero attached hydrogens (tertiary/aromatic N) is 8. The summed E-state index contributed by atoms with van der Waals surface area (Å²) in [6, 6.07) is 19.7. The largest absolute Gasteiger partial charge is 0.493 e. The van der Waals surface area contributed by atoms with Crippen LogP contribution < -0.4 is 25.0 Å². The molecular formula is C38H46F2N8O3. The highest BCUT2D eigenvalue weighted by Gasteiger charge is 2.20. The van der Waals surface area contributed by atoms with E-state index in [9.17, 15) is 13.6 Å². The number of halogens is 2. The van der Waals surface area contributed by atoms with Crippen molar-refractivity contribution in [2.24, 2.45) is 5.92 Å². The molecule has 11 nitrogen and oxygen atoms in total. The Kier molecular flexibility index (Phi) is 12.0. The van der Waals surface area contributed by atoms with Gasteiger partial charge in [-0.3, -0.25) is 4.68 Å². The number of anilines is 2. The maximum atomic E-state index is 14.2. The van der Waals surface area contributed by atoms with E-state index in [1.165, 1.54) is 18.5 Å². The lowest BCUT2D eigenvalue weighted by Gasteiger charge is -2.37. The van der Waals surface area contributed by atoms with Crippen molar-refractivity contribution in [1.29, 1.82) is 0 Å². The molecule has 0 N–H and O–H groups in total. The van der Waals surface area contributed by atoms with Crippen molar-refractivity contribution < 1.29 is 18.3 Å². The van der Waals surface area contributed by atoms with Gasteiger partial charge in [-0.05, 0) is 86.3 Å². The molecule has 5 aromatic rings. The van der Waals surface area contributed by atoms with Crippen LogP contribution in [0.5, 0.6) is 11.5 Å². The summed E-state index contributed by atoms with van der Waals surface area (Å²) in [4.78, 5) is 21.8. The third kappa shape index (κ3) is 9.13. The maximum Gasteiger partial charge on any atom is 0.350 e. The predicted molar refractivity (Wildman–Crippen MR) is 193 cm³/mol. The summed E-state index contributed by atoms with van der Waals surface area (Å²) < 4.78 is 44.5. The molecule has 3 aromatic carbocycles. The first-order valence-corrected chi connectivity index (χ1v) is 17.8. The van der Waals surface area contributed by atoms with Gasteiger partial charge in [-0.2, -0.15) is 10.2 Å². The Bertz CT molecular complexity index is 1850. The Morgan fingerprint density at radius 1 is 0.784 bits per heavy atom. The lowest BCUT2D eigenvalue weighted by Crippen LogP contribution is -2.46. The van der Waals surface area contributed by atoms with Crippen molar-refractivity contribution >= 4 is 11.4 Å². The molecule has 0 bridgehead atoms. The molecule has 0 spiro atoms. The van der Waals surface area contributed by atoms with Gasteiger partial charge in [0.1, 0.15) is 30.5 Å². The molecule has 13 heteroatoms. The van der Waals surface area contributed by atoms with Crippen molar-refractivity contribution in [3.63, 3.8) is 0 Å². The SMILES string of the molecule is CCC[C@@H](CC)n1ncn(-c2ccc(N3CCN(c4ccc(OC[C@H](CCCn5cncn5)COc5ccc(F)cc5F)cc4)CC3)cc2)c1=O. The lowest BCUT2D eigenvalue weighted by molar-refractivity contribution is 0.162. The molecule has 270 valence electrons. The van der Waals surface area contributed by atoms with Crippen molar-refractivity contribution in [1.82, 2.24) is 29.1 Å². The van der Waals surface area contributed by atoms with Crippen LogP contribution in [-0.2, 0) is 6.54 Å². The Morgan fingerprint density at radius 2 is 1.45 bits per heavy atom. The summed E-state index contributed by atoms with van der Waals surface area (Å²) in [5.74, 6) is -0.635. The van der Waals surface area contributed by atoms with Gasteiger partial charge >= 0.3 is 5.69 Å². The zero-order chi connectivity index (χ0) is 35.6. The highest BCUT2D eigenvalue weighted by molar-refractivity contribution is 5.54. The van der Waals surface area contributed by atoms with Crippen LogP contribution >= 0.6 is 0 Å². The normalized spacial score (nSPS) is 14.4. The first-order valence-electron chi connectivity index (χ1n) is 17.8. The fourth-order valence-corrected chi connectivity index (χ4v) is 6.50. The molecule has 3 heterocycles. The maximum absolute atomic E-state index is 14.2. The van der Waals surface area contributed by atoms with Gasteiger partial charge in [-0.15, -0.1) is 0 Å². The minimum Gasteiger partial charge on any atom is -0.493 e. The van der Waals surface area contributed by atoms with Gasteiger partial charge in [0.05, 0.1) is 24.9 Å². The summed E-state index contributed by atoms with van der Waals surface area (Å²) >= 11 is 0. The fraction of sp³-hybridized carbons (Fsp3) is 0.421. The molecule has 1 aliphatic rings. The van der Waals surface area contributed by atoms with Crippen LogP contribution in [0, 0.1) is 17.6 Å². The van der Waals surface area contributed by atoms with Crippen molar-refractivity contribution in [2.45, 2.75) is 58.5 Å². The molecular weight excluding hydrogens is 654 g/mol. The smallest absolute Gasteiger partial charge is 0.350 e. The summed E-state index contributed by atoms with van der Waals surface area (Å²) in [5.41, 5.74) is 2.97. The Balaban J connectivity index is 0.998. The van der Waals surface area contributed by atoms with Crippen LogP contribution in [0.15, 0.2) is 90.5 Å². The Morgan fingerprint density at radius 3 is 2.08 bits per heavy atom. The summed E-state index contributed by atoms with van der Waals surface area (Å²) in [6.45, 7) is 9.01. The number of aryl methyl sites for hydroxylation is 1. The monoisotopic (exact) mass is 700 g/mol. The zero-order valence-corrected chi connectivity index (χ0v) is 29.3. The van der Waals surface area contributed by atoms with Crippen LogP contribution in [0.2, 0.25) is 0 Å². The molecule has 0 saturated carbocycles. The Labute approximate surface area is 297 Å². The molecule has 0 aliphatic carbocycles. The van der Waals surface area contributed by atoms with Gasteiger partial charge in [0.2, 0.25) is 0 Å². The lowest BCUT2D eigenvalue weighted by atomic mass is 10.1. The van der Waals surface area contributed by atoms with Gasteiger partial charge in [0.25, 0.3) is 0 Å². The van der Waals surface area contributed by atoms with Crippen LogP contribution in [0.25, 0.3) is 5.69 Å². The van der Waals surface area contributed by atoms with Gasteiger partial charge in [-0.25, -0.2) is 27.8 Å². The second kappa shape index (κ2) is 17.1. The second-order valence-corrected chi connectivity index (χ2v) is 12.9. The minimum atomic E-state index is -0.725. The molecule has 1 saturated heterocycles. The van der Waals surface area contributed by atoms with E-state index in [2.05, 4.69) is 63.1 Å². The molecule has 2 aromatic heterocycles. The van der Waals surface area contributed by atoms with E-state index >= 15 is 0 Å². The molecule has 51 heavy (non-hydrogen) atoms. The van der Waals surface area contributed by atoms with Gasteiger partial charge in [0.15, 0.2) is 11.6 Å². The second-order valence-electron chi connectivity index (χ2n) is 12.9. The van der Waals surface area contributed by atoms with Crippen LogP contribution in [0.1, 0.15) is 52.0 Å². The summed E-state index contributed by atoms with van der Waals surface area (Å²) in [7, 11) is 0. The number of piperazine rings is 1. The van der Waals surface area contributed by atoms with Crippen LogP contribution in [0.4, 0.5) is 20.2 Å². The number of rotatable bonds is 17. The molecule has 6 rings (SSSR count). The van der Waals surface area contributed by atoms with Crippen LogP contribution in [0.3, 0.4) is 0 Å². The summed E-state index contributed by atoms with van der Waals surface area (Å²) in [5, 5.41) is 8.56. The van der Waals surface area contributed by atoms with E-state index in [-0.39, 0.29) is 30.0 Å². The van der Waals surface area contributed by atoms with E-state index < -0.39 is 11.6 Å². The van der Waals surface area contributed by atoms with Crippen molar-refractivity contribution in [3.8, 4) is 17.2 Å². The highest BCUT2D eigenvalue weighted by Crippen LogP contribution is 2.25. The van der Waals surface area contributed by atoms with Gasteiger partial charge in [-0.1, -0.05) is 20.3 Å². The topological polar surface area (TPSA) is 95.5 Å². The van der Waals surface area contributed by atoms with Gasteiger partial charge < -0.3 is 19.3 Å². The summed E-state index contributed by atoms with van der Waals surface area (Å²) in [6.07, 6.45) is 9.19. The molecule has 0 radical (unpaired) electrons. The van der Waals surface area contributed by atoms with Crippen molar-refractivity contribution in [2.75, 3.05) is 49.2 Å². The van der Waals surface area contributed by atoms with E-state index in [4.69, 9.17) is 9.47 Å². The number of ether oxygens (including phenoxy) is 2. The third-order valence-electron chi connectivity index (χ3n) is 9.43. The average molecular weight is 701 g/mol. The molecule has 1 fully saturated rings. The van der Waals surface area contributed by atoms with Crippen molar-refractivity contribution in [3.05, 3.63) is 108 Å². The first-order chi connectivity index (χ1) is 24.9. The van der Waals surface area contributed by atoms with Gasteiger partial charge in [0, 0.05) is 56.1 Å². The number of hydrogen-bond acceptors (Lipinski definition) is 8. The van der Waals surface area contributed by atoms with E-state index in [0.29, 0.717) is 13.2 Å². The average Bonchev–Trinajstić information content (AvgIpc) is 3.82. The van der Waals surface area contributed by atoms with E-state index in [1.807, 2.05) is 24.3 Å². The number of hydrogen-bond donors (Lipinski definition) is 0. The molecule has 0 unspecified atom stereocenters. The molecule has 2 atom stereocenters.